The molecule has 1 fully saturated rings. The van der Waals surface area contributed by atoms with E-state index in [1.165, 1.54) is 25.7 Å². The van der Waals surface area contributed by atoms with Crippen molar-refractivity contribution < 1.29 is 0 Å². The van der Waals surface area contributed by atoms with Crippen molar-refractivity contribution >= 4 is 17.3 Å². The quantitative estimate of drug-likeness (QED) is 0.837. The zero-order valence-electron chi connectivity index (χ0n) is 8.96. The van der Waals surface area contributed by atoms with Gasteiger partial charge in [0.25, 0.3) is 0 Å². The summed E-state index contributed by atoms with van der Waals surface area (Å²) < 4.78 is 0. The Morgan fingerprint density at radius 1 is 1.53 bits per heavy atom. The monoisotopic (exact) mass is 225 g/mol. The minimum Gasteiger partial charge on any atom is -0.383 e. The summed E-state index contributed by atoms with van der Waals surface area (Å²) in [5, 5.41) is 11.3. The molecule has 0 radical (unpaired) electrons. The zero-order valence-corrected chi connectivity index (χ0v) is 9.72. The van der Waals surface area contributed by atoms with Crippen LogP contribution in [-0.4, -0.2) is 16.7 Å². The fourth-order valence-corrected chi connectivity index (χ4v) is 2.11. The highest BCUT2D eigenvalue weighted by molar-refractivity contribution is 6.29. The molecule has 0 bridgehead atoms. The maximum Gasteiger partial charge on any atom is 0.153 e. The number of nitrogens with one attached hydrogen (secondary N) is 1. The molecule has 82 valence electrons. The Hall–Kier alpha value is -0.830. The van der Waals surface area contributed by atoms with Gasteiger partial charge in [-0.3, -0.25) is 0 Å². The van der Waals surface area contributed by atoms with Gasteiger partial charge in [-0.2, -0.15) is 5.10 Å². The van der Waals surface area contributed by atoms with Gasteiger partial charge >= 0.3 is 0 Å². The third-order valence-electron chi connectivity index (χ3n) is 3.03. The Balaban J connectivity index is 1.88. The van der Waals surface area contributed by atoms with E-state index >= 15 is 0 Å². The van der Waals surface area contributed by atoms with E-state index in [-0.39, 0.29) is 0 Å². The molecule has 0 atom stereocenters. The number of hydrogen-bond acceptors (Lipinski definition) is 3. The lowest BCUT2D eigenvalue weighted by atomic mass is 10.0. The third kappa shape index (κ3) is 2.81. The molecule has 1 N–H and O–H groups in total. The molecule has 1 aromatic heterocycles. The number of nitrogens with zero attached hydrogens (tertiary/aromatic N) is 2. The van der Waals surface area contributed by atoms with Crippen LogP contribution in [-0.2, 0) is 0 Å². The van der Waals surface area contributed by atoms with Crippen molar-refractivity contribution in [3.05, 3.63) is 17.4 Å². The lowest BCUT2D eigenvalue weighted by molar-refractivity contribution is 0.485. The molecule has 1 aliphatic rings. The van der Waals surface area contributed by atoms with Gasteiger partial charge in [-0.25, -0.2) is 0 Å². The molecular weight excluding hydrogens is 210 g/mol. The van der Waals surface area contributed by atoms with Crippen LogP contribution in [0.3, 0.4) is 0 Å². The van der Waals surface area contributed by atoms with Gasteiger partial charge in [0.05, 0.1) is 11.9 Å². The van der Waals surface area contributed by atoms with Crippen LogP contribution in [0.4, 0.5) is 5.69 Å². The first-order valence-electron chi connectivity index (χ1n) is 5.46. The van der Waals surface area contributed by atoms with E-state index in [4.69, 9.17) is 11.6 Å². The molecular formula is C11H16ClN3. The Labute approximate surface area is 95.2 Å². The maximum atomic E-state index is 5.76. The Kier molecular flexibility index (Phi) is 3.10. The summed E-state index contributed by atoms with van der Waals surface area (Å²) in [7, 11) is 0. The predicted molar refractivity (Wildman–Crippen MR) is 62.1 cm³/mol. The number of rotatable bonds is 5. The second-order valence-corrected chi connectivity index (χ2v) is 4.76. The number of halogens is 1. The van der Waals surface area contributed by atoms with Crippen molar-refractivity contribution in [1.29, 1.82) is 0 Å². The highest BCUT2D eigenvalue weighted by Crippen LogP contribution is 2.49. The fourth-order valence-electron chi connectivity index (χ4n) is 1.95. The first kappa shape index (κ1) is 10.7. The van der Waals surface area contributed by atoms with E-state index in [2.05, 4.69) is 22.4 Å². The van der Waals surface area contributed by atoms with E-state index in [9.17, 15) is 0 Å². The third-order valence-corrected chi connectivity index (χ3v) is 3.21. The Bertz CT molecular complexity index is 336. The zero-order chi connectivity index (χ0) is 10.7. The standard InChI is InChI=1S/C11H16ClN3/c1-2-3-11(4-5-11)8-13-9-6-10(12)15-14-7-9/h6-7H,2-5,8H2,1H3,(H,13,15). The van der Waals surface area contributed by atoms with E-state index in [1.54, 1.807) is 6.20 Å². The van der Waals surface area contributed by atoms with Crippen LogP contribution in [0.2, 0.25) is 5.15 Å². The van der Waals surface area contributed by atoms with Crippen LogP contribution < -0.4 is 5.32 Å². The summed E-state index contributed by atoms with van der Waals surface area (Å²) >= 11 is 5.76. The summed E-state index contributed by atoms with van der Waals surface area (Å²) in [6.07, 6.45) is 6.98. The summed E-state index contributed by atoms with van der Waals surface area (Å²) in [6, 6.07) is 1.82. The Morgan fingerprint density at radius 2 is 2.33 bits per heavy atom. The molecule has 4 heteroatoms. The average molecular weight is 226 g/mol. The van der Waals surface area contributed by atoms with Gasteiger partial charge in [0.15, 0.2) is 5.15 Å². The van der Waals surface area contributed by atoms with Crippen LogP contribution >= 0.6 is 11.6 Å². The number of hydrogen-bond donors (Lipinski definition) is 1. The van der Waals surface area contributed by atoms with Crippen molar-refractivity contribution in [3.8, 4) is 0 Å². The fraction of sp³-hybridized carbons (Fsp3) is 0.636. The average Bonchev–Trinajstić information content (AvgIpc) is 2.97. The van der Waals surface area contributed by atoms with Crippen LogP contribution in [0.5, 0.6) is 0 Å². The number of aromatic nitrogens is 2. The largest absolute Gasteiger partial charge is 0.383 e. The van der Waals surface area contributed by atoms with Crippen molar-refractivity contribution in [1.82, 2.24) is 10.2 Å². The lowest BCUT2D eigenvalue weighted by Crippen LogP contribution is -2.15. The molecule has 1 aliphatic carbocycles. The van der Waals surface area contributed by atoms with Gasteiger partial charge in [0.2, 0.25) is 0 Å². The molecule has 0 unspecified atom stereocenters. The van der Waals surface area contributed by atoms with Crippen LogP contribution in [0.1, 0.15) is 32.6 Å². The highest BCUT2D eigenvalue weighted by atomic mass is 35.5. The van der Waals surface area contributed by atoms with Crippen molar-refractivity contribution in [2.45, 2.75) is 32.6 Å². The molecule has 3 nitrogen and oxygen atoms in total. The smallest absolute Gasteiger partial charge is 0.153 e. The molecule has 1 aromatic rings. The summed E-state index contributed by atoms with van der Waals surface area (Å²) in [4.78, 5) is 0. The second-order valence-electron chi connectivity index (χ2n) is 4.37. The minimum atomic E-state index is 0.445. The molecule has 0 saturated heterocycles. The first-order valence-corrected chi connectivity index (χ1v) is 5.84. The van der Waals surface area contributed by atoms with Gasteiger partial charge in [-0.1, -0.05) is 24.9 Å². The van der Waals surface area contributed by atoms with Gasteiger partial charge < -0.3 is 5.32 Å². The molecule has 0 spiro atoms. The highest BCUT2D eigenvalue weighted by Gasteiger charge is 2.40. The molecule has 0 amide bonds. The Morgan fingerprint density at radius 3 is 2.93 bits per heavy atom. The van der Waals surface area contributed by atoms with E-state index in [1.807, 2.05) is 6.07 Å². The molecule has 1 saturated carbocycles. The number of anilines is 1. The van der Waals surface area contributed by atoms with Crippen molar-refractivity contribution in [2.75, 3.05) is 11.9 Å². The predicted octanol–water partition coefficient (Wildman–Crippen LogP) is 3.12. The van der Waals surface area contributed by atoms with E-state index in [0.29, 0.717) is 10.6 Å². The summed E-state index contributed by atoms with van der Waals surface area (Å²) in [5.74, 6) is 0. The topological polar surface area (TPSA) is 37.8 Å². The van der Waals surface area contributed by atoms with Gasteiger partial charge in [0.1, 0.15) is 0 Å². The van der Waals surface area contributed by atoms with Gasteiger partial charge in [-0.15, -0.1) is 5.10 Å². The van der Waals surface area contributed by atoms with Crippen molar-refractivity contribution in [2.24, 2.45) is 5.41 Å². The summed E-state index contributed by atoms with van der Waals surface area (Å²) in [6.45, 7) is 3.27. The molecule has 2 rings (SSSR count). The van der Waals surface area contributed by atoms with Crippen LogP contribution in [0, 0.1) is 5.41 Å². The summed E-state index contributed by atoms with van der Waals surface area (Å²) in [5.41, 5.74) is 1.52. The van der Waals surface area contributed by atoms with E-state index in [0.717, 1.165) is 12.2 Å². The SMILES string of the molecule is CCCC1(CNc2cnnc(Cl)c2)CC1. The van der Waals surface area contributed by atoms with E-state index < -0.39 is 0 Å². The molecule has 0 aromatic carbocycles. The van der Waals surface area contributed by atoms with Crippen LogP contribution in [0.15, 0.2) is 12.3 Å². The molecule has 15 heavy (non-hydrogen) atoms. The van der Waals surface area contributed by atoms with Gasteiger partial charge in [0, 0.05) is 12.6 Å². The first-order chi connectivity index (χ1) is 7.24. The second kappa shape index (κ2) is 4.35. The van der Waals surface area contributed by atoms with Gasteiger partial charge in [-0.05, 0) is 24.7 Å². The lowest BCUT2D eigenvalue weighted by Gasteiger charge is -2.15. The molecule has 0 aliphatic heterocycles. The normalized spacial score (nSPS) is 17.5. The minimum absolute atomic E-state index is 0.445. The van der Waals surface area contributed by atoms with Crippen LogP contribution in [0.25, 0.3) is 0 Å². The molecule has 1 heterocycles. The van der Waals surface area contributed by atoms with Crippen molar-refractivity contribution in [3.63, 3.8) is 0 Å². The maximum absolute atomic E-state index is 5.76.